The largest absolute Gasteiger partial charge is 0.396 e. The van der Waals surface area contributed by atoms with Crippen LogP contribution in [0.5, 0.6) is 0 Å². The maximum atomic E-state index is 12.4. The normalized spacial score (nSPS) is 19.2. The van der Waals surface area contributed by atoms with E-state index in [4.69, 9.17) is 10.5 Å². The second-order valence-electron chi connectivity index (χ2n) is 5.08. The molecule has 0 aromatic carbocycles. The summed E-state index contributed by atoms with van der Waals surface area (Å²) in [5.41, 5.74) is 6.45. The molecular weight excluding hydrogens is 244 g/mol. The van der Waals surface area contributed by atoms with Crippen LogP contribution in [0.3, 0.4) is 0 Å². The first-order valence-corrected chi connectivity index (χ1v) is 6.47. The summed E-state index contributed by atoms with van der Waals surface area (Å²) in [6, 6.07) is 0. The van der Waals surface area contributed by atoms with E-state index in [2.05, 4.69) is 9.97 Å². The second-order valence-corrected chi connectivity index (χ2v) is 5.08. The first kappa shape index (κ1) is 13.7. The maximum Gasteiger partial charge on any atom is 0.274 e. The molecule has 1 amide bonds. The third kappa shape index (κ3) is 2.84. The number of nitrogens with two attached hydrogens (primary N) is 1. The number of likely N-dealkylation sites (tertiary alicyclic amines) is 1. The van der Waals surface area contributed by atoms with Crippen LogP contribution < -0.4 is 5.73 Å². The Labute approximate surface area is 113 Å². The second kappa shape index (κ2) is 5.52. The molecule has 0 aliphatic carbocycles. The minimum absolute atomic E-state index is 0.108. The fourth-order valence-corrected chi connectivity index (χ4v) is 2.11. The van der Waals surface area contributed by atoms with Crippen LogP contribution in [0, 0.1) is 0 Å². The molecule has 1 fully saturated rings. The molecule has 6 heteroatoms. The summed E-state index contributed by atoms with van der Waals surface area (Å²) in [5.74, 6) is 0.666. The average Bonchev–Trinajstić information content (AvgIpc) is 2.87. The van der Waals surface area contributed by atoms with Crippen LogP contribution in [0.25, 0.3) is 0 Å². The molecule has 1 aromatic rings. The number of aromatic nitrogens is 2. The van der Waals surface area contributed by atoms with Gasteiger partial charge >= 0.3 is 0 Å². The molecule has 0 spiro atoms. The molecule has 0 bridgehead atoms. The highest BCUT2D eigenvalue weighted by atomic mass is 16.5. The van der Waals surface area contributed by atoms with E-state index in [1.54, 1.807) is 12.0 Å². The summed E-state index contributed by atoms with van der Waals surface area (Å²) in [4.78, 5) is 22.6. The Bertz CT molecular complexity index is 476. The number of carbonyl (C=O) groups excluding carboxylic acids is 1. The molecule has 1 saturated heterocycles. The first-order chi connectivity index (χ1) is 9.02. The molecule has 1 unspecified atom stereocenters. The molecule has 6 nitrogen and oxygen atoms in total. The molecule has 1 aromatic heterocycles. The highest BCUT2D eigenvalue weighted by Crippen LogP contribution is 2.19. The van der Waals surface area contributed by atoms with Crippen LogP contribution in [-0.4, -0.2) is 47.1 Å². The number of ether oxygens (including phenoxy) is 1. The van der Waals surface area contributed by atoms with E-state index in [1.165, 1.54) is 6.20 Å². The van der Waals surface area contributed by atoms with Gasteiger partial charge in [-0.2, -0.15) is 0 Å². The number of amides is 1. The molecule has 2 heterocycles. The van der Waals surface area contributed by atoms with Crippen molar-refractivity contribution in [1.29, 1.82) is 0 Å². The predicted octanol–water partition coefficient (Wildman–Crippen LogP) is 1.04. The summed E-state index contributed by atoms with van der Waals surface area (Å²) in [5, 5.41) is 0. The van der Waals surface area contributed by atoms with E-state index in [0.29, 0.717) is 30.3 Å². The highest BCUT2D eigenvalue weighted by Gasteiger charge is 2.29. The molecular formula is C13H20N4O2. The highest BCUT2D eigenvalue weighted by molar-refractivity contribution is 5.97. The van der Waals surface area contributed by atoms with Crippen LogP contribution in [0.2, 0.25) is 0 Å². The van der Waals surface area contributed by atoms with Crippen molar-refractivity contribution >= 4 is 11.6 Å². The van der Waals surface area contributed by atoms with Gasteiger partial charge in [-0.25, -0.2) is 9.97 Å². The van der Waals surface area contributed by atoms with Gasteiger partial charge in [-0.15, -0.1) is 0 Å². The number of rotatable bonds is 3. The lowest BCUT2D eigenvalue weighted by atomic mass is 10.2. The van der Waals surface area contributed by atoms with Crippen molar-refractivity contribution in [3.05, 3.63) is 17.7 Å². The Morgan fingerprint density at radius 3 is 2.89 bits per heavy atom. The van der Waals surface area contributed by atoms with Gasteiger partial charge in [0.15, 0.2) is 5.69 Å². The van der Waals surface area contributed by atoms with Crippen molar-refractivity contribution in [2.75, 3.05) is 25.9 Å². The van der Waals surface area contributed by atoms with Gasteiger partial charge in [-0.3, -0.25) is 4.79 Å². The molecule has 1 atom stereocenters. The number of hydrogen-bond acceptors (Lipinski definition) is 5. The molecule has 0 saturated carbocycles. The van der Waals surface area contributed by atoms with Crippen molar-refractivity contribution in [1.82, 2.24) is 14.9 Å². The average molecular weight is 264 g/mol. The van der Waals surface area contributed by atoms with Gasteiger partial charge in [-0.1, -0.05) is 13.8 Å². The topological polar surface area (TPSA) is 81.3 Å². The molecule has 2 rings (SSSR count). The first-order valence-electron chi connectivity index (χ1n) is 6.47. The Morgan fingerprint density at radius 2 is 2.32 bits per heavy atom. The van der Waals surface area contributed by atoms with Crippen LogP contribution in [0.1, 0.15) is 42.5 Å². The van der Waals surface area contributed by atoms with E-state index in [1.807, 2.05) is 13.8 Å². The summed E-state index contributed by atoms with van der Waals surface area (Å²) in [6.07, 6.45) is 2.47. The van der Waals surface area contributed by atoms with Gasteiger partial charge in [-0.05, 0) is 6.42 Å². The van der Waals surface area contributed by atoms with Gasteiger partial charge < -0.3 is 15.4 Å². The number of nitrogens with zero attached hydrogens (tertiary/aromatic N) is 3. The van der Waals surface area contributed by atoms with Crippen molar-refractivity contribution in [2.24, 2.45) is 0 Å². The van der Waals surface area contributed by atoms with E-state index < -0.39 is 0 Å². The van der Waals surface area contributed by atoms with Crippen LogP contribution >= 0.6 is 0 Å². The molecule has 0 radical (unpaired) electrons. The number of anilines is 1. The van der Waals surface area contributed by atoms with Crippen LogP contribution in [0.4, 0.5) is 5.69 Å². The van der Waals surface area contributed by atoms with Gasteiger partial charge in [0.25, 0.3) is 5.91 Å². The lowest BCUT2D eigenvalue weighted by Gasteiger charge is -2.17. The minimum Gasteiger partial charge on any atom is -0.396 e. The molecule has 19 heavy (non-hydrogen) atoms. The zero-order valence-electron chi connectivity index (χ0n) is 11.6. The lowest BCUT2D eigenvalue weighted by Crippen LogP contribution is -2.31. The van der Waals surface area contributed by atoms with Crippen molar-refractivity contribution in [2.45, 2.75) is 32.3 Å². The number of hydrogen-bond donors (Lipinski definition) is 1. The Kier molecular flexibility index (Phi) is 3.99. The van der Waals surface area contributed by atoms with Crippen LogP contribution in [-0.2, 0) is 4.74 Å². The van der Waals surface area contributed by atoms with E-state index >= 15 is 0 Å². The summed E-state index contributed by atoms with van der Waals surface area (Å²) >= 11 is 0. The number of carbonyl (C=O) groups is 1. The monoisotopic (exact) mass is 264 g/mol. The smallest absolute Gasteiger partial charge is 0.274 e. The van der Waals surface area contributed by atoms with Crippen molar-refractivity contribution < 1.29 is 9.53 Å². The van der Waals surface area contributed by atoms with Gasteiger partial charge in [0.2, 0.25) is 0 Å². The SMILES string of the molecule is COC1CCN(C(=O)c2nc(C(C)C)ncc2N)C1. The minimum atomic E-state index is -0.138. The quantitative estimate of drug-likeness (QED) is 0.882. The molecule has 104 valence electrons. The molecule has 1 aliphatic rings. The lowest BCUT2D eigenvalue weighted by molar-refractivity contribution is 0.0719. The fraction of sp³-hybridized carbons (Fsp3) is 0.615. The zero-order chi connectivity index (χ0) is 14.0. The summed E-state index contributed by atoms with van der Waals surface area (Å²) in [6.45, 7) is 5.24. The maximum absolute atomic E-state index is 12.4. The number of methoxy groups -OCH3 is 1. The van der Waals surface area contributed by atoms with Crippen molar-refractivity contribution in [3.63, 3.8) is 0 Å². The fourth-order valence-electron chi connectivity index (χ4n) is 2.11. The van der Waals surface area contributed by atoms with E-state index in [9.17, 15) is 4.79 Å². The molecule has 2 N–H and O–H groups in total. The third-order valence-corrected chi connectivity index (χ3v) is 3.32. The number of nitrogen functional groups attached to an aromatic ring is 1. The van der Waals surface area contributed by atoms with Gasteiger partial charge in [0, 0.05) is 26.1 Å². The van der Waals surface area contributed by atoms with Gasteiger partial charge in [0.1, 0.15) is 5.82 Å². The van der Waals surface area contributed by atoms with Crippen LogP contribution in [0.15, 0.2) is 6.20 Å². The summed E-state index contributed by atoms with van der Waals surface area (Å²) < 4.78 is 5.26. The summed E-state index contributed by atoms with van der Waals surface area (Å²) in [7, 11) is 1.66. The standard InChI is InChI=1S/C13H20N4O2/c1-8(2)12-15-6-10(14)11(16-12)13(18)17-5-4-9(7-17)19-3/h6,8-9H,4-5,7,14H2,1-3H3. The van der Waals surface area contributed by atoms with E-state index in [0.717, 1.165) is 6.42 Å². The molecule has 1 aliphatic heterocycles. The van der Waals surface area contributed by atoms with E-state index in [-0.39, 0.29) is 17.9 Å². The zero-order valence-corrected chi connectivity index (χ0v) is 11.6. The predicted molar refractivity (Wildman–Crippen MR) is 71.9 cm³/mol. The Hall–Kier alpha value is -1.69. The van der Waals surface area contributed by atoms with Crippen molar-refractivity contribution in [3.8, 4) is 0 Å². The Morgan fingerprint density at radius 1 is 1.58 bits per heavy atom. The van der Waals surface area contributed by atoms with Gasteiger partial charge in [0.05, 0.1) is 18.0 Å². The third-order valence-electron chi connectivity index (χ3n) is 3.32. The Balaban J connectivity index is 2.21.